The summed E-state index contributed by atoms with van der Waals surface area (Å²) in [7, 11) is 0. The van der Waals surface area contributed by atoms with Crippen molar-refractivity contribution in [2.45, 2.75) is 75.5 Å². The number of aliphatic hydroxyl groups excluding tert-OH is 2. The van der Waals surface area contributed by atoms with Gasteiger partial charge in [-0.2, -0.15) is 0 Å². The van der Waals surface area contributed by atoms with Crippen LogP contribution in [0.15, 0.2) is 0 Å². The highest BCUT2D eigenvalue weighted by atomic mass is 16.3. The standard InChI is InChI=1S/C13H25NO2/c15-10-13(8-4-5-9-13)14-11-6-2-1-3-7-12(11)16/h11-12,14-16H,1-10H2. The predicted octanol–water partition coefficient (Wildman–Crippen LogP) is 1.57. The number of hydrogen-bond donors (Lipinski definition) is 3. The molecular weight excluding hydrogens is 202 g/mol. The van der Waals surface area contributed by atoms with E-state index in [0.29, 0.717) is 0 Å². The van der Waals surface area contributed by atoms with Crippen LogP contribution in [0.5, 0.6) is 0 Å². The third-order valence-corrected chi connectivity index (χ3v) is 4.33. The van der Waals surface area contributed by atoms with E-state index >= 15 is 0 Å². The lowest BCUT2D eigenvalue weighted by atomic mass is 9.94. The monoisotopic (exact) mass is 227 g/mol. The van der Waals surface area contributed by atoms with E-state index in [1.165, 1.54) is 25.7 Å². The Labute approximate surface area is 98.2 Å². The lowest BCUT2D eigenvalue weighted by molar-refractivity contribution is 0.0774. The van der Waals surface area contributed by atoms with Crippen LogP contribution < -0.4 is 5.32 Å². The molecule has 0 amide bonds. The summed E-state index contributed by atoms with van der Waals surface area (Å²) in [5, 5.41) is 23.2. The second kappa shape index (κ2) is 5.48. The van der Waals surface area contributed by atoms with Crippen LogP contribution in [0.3, 0.4) is 0 Å². The maximum absolute atomic E-state index is 10.1. The summed E-state index contributed by atoms with van der Waals surface area (Å²) in [4.78, 5) is 0. The first-order valence-corrected chi connectivity index (χ1v) is 6.82. The number of rotatable bonds is 3. The summed E-state index contributed by atoms with van der Waals surface area (Å²) in [5.41, 5.74) is -0.0873. The molecule has 2 unspecified atom stereocenters. The maximum Gasteiger partial charge on any atom is 0.0693 e. The summed E-state index contributed by atoms with van der Waals surface area (Å²) < 4.78 is 0. The summed E-state index contributed by atoms with van der Waals surface area (Å²) in [6.07, 6.45) is 9.88. The van der Waals surface area contributed by atoms with E-state index in [4.69, 9.17) is 0 Å². The van der Waals surface area contributed by atoms with E-state index in [1.54, 1.807) is 0 Å². The van der Waals surface area contributed by atoms with E-state index in [2.05, 4.69) is 5.32 Å². The zero-order chi connectivity index (χ0) is 11.4. The second-order valence-electron chi connectivity index (χ2n) is 5.60. The Morgan fingerprint density at radius 2 is 1.69 bits per heavy atom. The van der Waals surface area contributed by atoms with Gasteiger partial charge in [-0.25, -0.2) is 0 Å². The smallest absolute Gasteiger partial charge is 0.0693 e. The molecule has 2 aliphatic carbocycles. The lowest BCUT2D eigenvalue weighted by Gasteiger charge is -2.35. The first-order chi connectivity index (χ1) is 7.76. The van der Waals surface area contributed by atoms with Crippen molar-refractivity contribution in [3.8, 4) is 0 Å². The molecule has 2 fully saturated rings. The molecule has 0 aromatic rings. The topological polar surface area (TPSA) is 52.5 Å². The Morgan fingerprint density at radius 3 is 2.38 bits per heavy atom. The van der Waals surface area contributed by atoms with Crippen molar-refractivity contribution < 1.29 is 10.2 Å². The summed E-state index contributed by atoms with van der Waals surface area (Å²) >= 11 is 0. The lowest BCUT2D eigenvalue weighted by Crippen LogP contribution is -2.54. The molecule has 0 heterocycles. The SMILES string of the molecule is OCC1(NC2CCCCCC2O)CCCC1. The van der Waals surface area contributed by atoms with Gasteiger partial charge in [-0.05, 0) is 25.7 Å². The molecule has 94 valence electrons. The van der Waals surface area contributed by atoms with Gasteiger partial charge in [0, 0.05) is 11.6 Å². The van der Waals surface area contributed by atoms with E-state index in [-0.39, 0.29) is 24.3 Å². The molecule has 2 aliphatic rings. The van der Waals surface area contributed by atoms with Gasteiger partial charge >= 0.3 is 0 Å². The summed E-state index contributed by atoms with van der Waals surface area (Å²) in [5.74, 6) is 0. The highest BCUT2D eigenvalue weighted by molar-refractivity contribution is 4.96. The van der Waals surface area contributed by atoms with Crippen LogP contribution in [0.1, 0.15) is 57.8 Å². The molecule has 3 heteroatoms. The van der Waals surface area contributed by atoms with Crippen molar-refractivity contribution in [2.75, 3.05) is 6.61 Å². The first kappa shape index (κ1) is 12.3. The molecule has 2 saturated carbocycles. The molecule has 0 saturated heterocycles. The Morgan fingerprint density at radius 1 is 1.00 bits per heavy atom. The zero-order valence-electron chi connectivity index (χ0n) is 10.1. The number of nitrogens with one attached hydrogen (secondary N) is 1. The van der Waals surface area contributed by atoms with Gasteiger partial charge in [0.05, 0.1) is 12.7 Å². The van der Waals surface area contributed by atoms with Crippen molar-refractivity contribution in [3.05, 3.63) is 0 Å². The van der Waals surface area contributed by atoms with Crippen LogP contribution in [0.25, 0.3) is 0 Å². The van der Waals surface area contributed by atoms with Crippen LogP contribution in [0, 0.1) is 0 Å². The van der Waals surface area contributed by atoms with Crippen molar-refractivity contribution in [1.29, 1.82) is 0 Å². The minimum Gasteiger partial charge on any atom is -0.394 e. The normalized spacial score (nSPS) is 34.9. The molecule has 0 bridgehead atoms. The van der Waals surface area contributed by atoms with Crippen LogP contribution in [0.2, 0.25) is 0 Å². The minimum atomic E-state index is -0.216. The van der Waals surface area contributed by atoms with Crippen molar-refractivity contribution in [2.24, 2.45) is 0 Å². The largest absolute Gasteiger partial charge is 0.394 e. The summed E-state index contributed by atoms with van der Waals surface area (Å²) in [6, 6.07) is 0.202. The highest BCUT2D eigenvalue weighted by Crippen LogP contribution is 2.31. The third kappa shape index (κ3) is 2.76. The fourth-order valence-electron chi connectivity index (χ4n) is 3.25. The second-order valence-corrected chi connectivity index (χ2v) is 5.60. The fourth-order valence-corrected chi connectivity index (χ4v) is 3.25. The molecule has 0 aliphatic heterocycles. The van der Waals surface area contributed by atoms with Crippen LogP contribution in [-0.2, 0) is 0 Å². The third-order valence-electron chi connectivity index (χ3n) is 4.33. The number of hydrogen-bond acceptors (Lipinski definition) is 3. The Kier molecular flexibility index (Phi) is 4.22. The van der Waals surface area contributed by atoms with Crippen LogP contribution >= 0.6 is 0 Å². The Balaban J connectivity index is 1.95. The van der Waals surface area contributed by atoms with Gasteiger partial charge in [-0.1, -0.05) is 32.1 Å². The highest BCUT2D eigenvalue weighted by Gasteiger charge is 2.36. The molecule has 0 aromatic heterocycles. The molecule has 0 radical (unpaired) electrons. The van der Waals surface area contributed by atoms with Gasteiger partial charge in [0.25, 0.3) is 0 Å². The first-order valence-electron chi connectivity index (χ1n) is 6.82. The van der Waals surface area contributed by atoms with Crippen molar-refractivity contribution >= 4 is 0 Å². The van der Waals surface area contributed by atoms with Gasteiger partial charge in [0.15, 0.2) is 0 Å². The molecule has 0 aromatic carbocycles. The Hall–Kier alpha value is -0.120. The molecular formula is C13H25NO2. The Bertz CT molecular complexity index is 214. The fraction of sp³-hybridized carbons (Fsp3) is 1.00. The molecule has 3 N–H and O–H groups in total. The average molecular weight is 227 g/mol. The minimum absolute atomic E-state index is 0.0873. The molecule has 2 atom stereocenters. The predicted molar refractivity (Wildman–Crippen MR) is 64.3 cm³/mol. The number of aliphatic hydroxyl groups is 2. The maximum atomic E-state index is 10.1. The van der Waals surface area contributed by atoms with Gasteiger partial charge in [-0.15, -0.1) is 0 Å². The van der Waals surface area contributed by atoms with Gasteiger partial charge < -0.3 is 15.5 Å². The average Bonchev–Trinajstić information content (AvgIpc) is 2.67. The molecule has 0 spiro atoms. The van der Waals surface area contributed by atoms with Crippen molar-refractivity contribution in [3.63, 3.8) is 0 Å². The van der Waals surface area contributed by atoms with Crippen LogP contribution in [0.4, 0.5) is 0 Å². The van der Waals surface area contributed by atoms with E-state index in [0.717, 1.165) is 32.1 Å². The molecule has 16 heavy (non-hydrogen) atoms. The van der Waals surface area contributed by atoms with Gasteiger partial charge in [0.2, 0.25) is 0 Å². The van der Waals surface area contributed by atoms with Gasteiger partial charge in [0.1, 0.15) is 0 Å². The molecule has 2 rings (SSSR count). The van der Waals surface area contributed by atoms with E-state index in [1.807, 2.05) is 0 Å². The van der Waals surface area contributed by atoms with E-state index < -0.39 is 0 Å². The van der Waals surface area contributed by atoms with Crippen molar-refractivity contribution in [1.82, 2.24) is 5.32 Å². The molecule has 3 nitrogen and oxygen atoms in total. The van der Waals surface area contributed by atoms with Crippen LogP contribution in [-0.4, -0.2) is 34.5 Å². The summed E-state index contributed by atoms with van der Waals surface area (Å²) in [6.45, 7) is 0.218. The van der Waals surface area contributed by atoms with Gasteiger partial charge in [-0.3, -0.25) is 0 Å². The van der Waals surface area contributed by atoms with E-state index in [9.17, 15) is 10.2 Å². The zero-order valence-corrected chi connectivity index (χ0v) is 10.1. The quantitative estimate of drug-likeness (QED) is 0.642.